The number of hydrogen-bond donors (Lipinski definition) is 1. The number of rotatable bonds is 13. The second kappa shape index (κ2) is 12.4. The molecule has 2 aromatic carbocycles. The van der Waals surface area contributed by atoms with E-state index in [2.05, 4.69) is 5.32 Å². The third-order valence-corrected chi connectivity index (χ3v) is 8.83. The second-order valence-electron chi connectivity index (χ2n) is 8.42. The standard InChI is InChI=1S/C24H33N3O7S2/c1-33-22-8-5-7-20(19-22)27(35(2,29)30)17-6-9-24(28)25-14-18-34-21-10-12-23(13-11-21)36(31,32)26-15-3-4-16-26/h5,7-8,10-13,19H,3-4,6,9,14-18H2,1-2H3,(H,25,28). The topological polar surface area (TPSA) is 122 Å². The molecule has 12 heteroatoms. The van der Waals surface area contributed by atoms with Crippen molar-refractivity contribution < 1.29 is 31.1 Å². The molecule has 0 unspecified atom stereocenters. The molecule has 10 nitrogen and oxygen atoms in total. The lowest BCUT2D eigenvalue weighted by atomic mass is 10.2. The monoisotopic (exact) mass is 539 g/mol. The molecular formula is C24H33N3O7S2. The number of carbonyl (C=O) groups excluding carboxylic acids is 1. The molecule has 2 aromatic rings. The molecule has 1 heterocycles. The van der Waals surface area contributed by atoms with Crippen LogP contribution >= 0.6 is 0 Å². The highest BCUT2D eigenvalue weighted by Crippen LogP contribution is 2.24. The van der Waals surface area contributed by atoms with E-state index in [9.17, 15) is 21.6 Å². The first kappa shape index (κ1) is 27.8. The van der Waals surface area contributed by atoms with E-state index < -0.39 is 20.0 Å². The van der Waals surface area contributed by atoms with E-state index in [0.717, 1.165) is 19.1 Å². The fourth-order valence-electron chi connectivity index (χ4n) is 3.87. The van der Waals surface area contributed by atoms with Gasteiger partial charge >= 0.3 is 0 Å². The zero-order valence-electron chi connectivity index (χ0n) is 20.6. The van der Waals surface area contributed by atoms with Crippen molar-refractivity contribution in [3.05, 3.63) is 48.5 Å². The van der Waals surface area contributed by atoms with Gasteiger partial charge < -0.3 is 14.8 Å². The minimum absolute atomic E-state index is 0.152. The Morgan fingerprint density at radius 2 is 1.72 bits per heavy atom. The molecule has 0 atom stereocenters. The summed E-state index contributed by atoms with van der Waals surface area (Å²) in [7, 11) is -5.48. The van der Waals surface area contributed by atoms with E-state index in [0.29, 0.717) is 36.7 Å². The normalized spacial score (nSPS) is 14.4. The Morgan fingerprint density at radius 3 is 2.36 bits per heavy atom. The number of nitrogens with zero attached hydrogens (tertiary/aromatic N) is 2. The van der Waals surface area contributed by atoms with Crippen LogP contribution in [-0.2, 0) is 24.8 Å². The summed E-state index contributed by atoms with van der Waals surface area (Å²) >= 11 is 0. The number of anilines is 1. The van der Waals surface area contributed by atoms with Gasteiger partial charge in [-0.05, 0) is 55.7 Å². The second-order valence-corrected chi connectivity index (χ2v) is 12.3. The number of sulfonamides is 2. The predicted molar refractivity (Wildman–Crippen MR) is 137 cm³/mol. The Balaban J connectivity index is 1.40. The third-order valence-electron chi connectivity index (χ3n) is 5.73. The van der Waals surface area contributed by atoms with Crippen LogP contribution in [0.25, 0.3) is 0 Å². The van der Waals surface area contributed by atoms with E-state index in [1.54, 1.807) is 36.4 Å². The molecular weight excluding hydrogens is 506 g/mol. The van der Waals surface area contributed by atoms with Crippen molar-refractivity contribution in [2.24, 2.45) is 0 Å². The van der Waals surface area contributed by atoms with Gasteiger partial charge in [-0.15, -0.1) is 0 Å². The number of benzene rings is 2. The van der Waals surface area contributed by atoms with Crippen molar-refractivity contribution in [2.45, 2.75) is 30.6 Å². The summed E-state index contributed by atoms with van der Waals surface area (Å²) in [6, 6.07) is 13.0. The minimum atomic E-state index is -3.52. The smallest absolute Gasteiger partial charge is 0.243 e. The molecule has 0 saturated carbocycles. The summed E-state index contributed by atoms with van der Waals surface area (Å²) < 4.78 is 63.1. The maximum Gasteiger partial charge on any atom is 0.243 e. The summed E-state index contributed by atoms with van der Waals surface area (Å²) in [6.07, 6.45) is 3.37. The molecule has 198 valence electrons. The lowest BCUT2D eigenvalue weighted by Crippen LogP contribution is -2.32. The van der Waals surface area contributed by atoms with Crippen molar-refractivity contribution in [3.8, 4) is 11.5 Å². The number of amides is 1. The summed E-state index contributed by atoms with van der Waals surface area (Å²) in [5, 5.41) is 2.74. The van der Waals surface area contributed by atoms with Crippen LogP contribution < -0.4 is 19.1 Å². The van der Waals surface area contributed by atoms with E-state index in [1.807, 2.05) is 0 Å². The Hall–Kier alpha value is -2.83. The molecule has 0 spiro atoms. The molecule has 0 radical (unpaired) electrons. The largest absolute Gasteiger partial charge is 0.497 e. The molecule has 1 amide bonds. The molecule has 1 fully saturated rings. The fourth-order valence-corrected chi connectivity index (χ4v) is 6.34. The quantitative estimate of drug-likeness (QED) is 0.387. The van der Waals surface area contributed by atoms with Crippen LogP contribution in [0.1, 0.15) is 25.7 Å². The zero-order chi connectivity index (χ0) is 26.2. The van der Waals surface area contributed by atoms with Crippen molar-refractivity contribution in [1.29, 1.82) is 0 Å². The minimum Gasteiger partial charge on any atom is -0.497 e. The van der Waals surface area contributed by atoms with Crippen molar-refractivity contribution in [3.63, 3.8) is 0 Å². The summed E-state index contributed by atoms with van der Waals surface area (Å²) in [5.41, 5.74) is 0.477. The van der Waals surface area contributed by atoms with Gasteiger partial charge in [0.2, 0.25) is 26.0 Å². The van der Waals surface area contributed by atoms with Crippen molar-refractivity contribution in [1.82, 2.24) is 9.62 Å². The maximum atomic E-state index is 12.6. The van der Waals surface area contributed by atoms with Crippen LogP contribution in [0.4, 0.5) is 5.69 Å². The molecule has 1 saturated heterocycles. The Labute approximate surface area is 213 Å². The fraction of sp³-hybridized carbons (Fsp3) is 0.458. The SMILES string of the molecule is COc1cccc(N(CCCC(=O)NCCOc2ccc(S(=O)(=O)N3CCCC3)cc2)S(C)(=O)=O)c1. The molecule has 1 aliphatic heterocycles. The number of nitrogens with one attached hydrogen (secondary N) is 1. The average Bonchev–Trinajstić information content (AvgIpc) is 3.40. The van der Waals surface area contributed by atoms with Crippen LogP contribution in [0.5, 0.6) is 11.5 Å². The van der Waals surface area contributed by atoms with Gasteiger partial charge in [0, 0.05) is 32.1 Å². The van der Waals surface area contributed by atoms with E-state index >= 15 is 0 Å². The molecule has 36 heavy (non-hydrogen) atoms. The first-order chi connectivity index (χ1) is 17.1. The van der Waals surface area contributed by atoms with Crippen LogP contribution in [0.2, 0.25) is 0 Å². The molecule has 0 bridgehead atoms. The van der Waals surface area contributed by atoms with Crippen LogP contribution in [0.3, 0.4) is 0 Å². The average molecular weight is 540 g/mol. The number of carbonyl (C=O) groups is 1. The van der Waals surface area contributed by atoms with Crippen molar-refractivity contribution >= 4 is 31.6 Å². The highest BCUT2D eigenvalue weighted by molar-refractivity contribution is 7.92. The van der Waals surface area contributed by atoms with Gasteiger partial charge in [0.25, 0.3) is 0 Å². The highest BCUT2D eigenvalue weighted by Gasteiger charge is 2.27. The lowest BCUT2D eigenvalue weighted by molar-refractivity contribution is -0.121. The summed E-state index contributed by atoms with van der Waals surface area (Å²) in [4.78, 5) is 12.4. The Kier molecular flexibility index (Phi) is 9.57. The highest BCUT2D eigenvalue weighted by atomic mass is 32.2. The van der Waals surface area contributed by atoms with Gasteiger partial charge in [0.15, 0.2) is 0 Å². The molecule has 3 rings (SSSR count). The van der Waals surface area contributed by atoms with Gasteiger partial charge in [-0.25, -0.2) is 16.8 Å². The molecule has 1 N–H and O–H groups in total. The van der Waals surface area contributed by atoms with E-state index in [1.165, 1.54) is 27.9 Å². The van der Waals surface area contributed by atoms with Crippen LogP contribution in [0.15, 0.2) is 53.4 Å². The van der Waals surface area contributed by atoms with Crippen LogP contribution in [-0.4, -0.2) is 73.2 Å². The lowest BCUT2D eigenvalue weighted by Gasteiger charge is -2.22. The van der Waals surface area contributed by atoms with E-state index in [4.69, 9.17) is 9.47 Å². The number of ether oxygens (including phenoxy) is 2. The summed E-state index contributed by atoms with van der Waals surface area (Å²) in [6.45, 7) is 1.73. The number of hydrogen-bond acceptors (Lipinski definition) is 7. The van der Waals surface area contributed by atoms with E-state index in [-0.39, 0.29) is 36.9 Å². The van der Waals surface area contributed by atoms with Crippen LogP contribution in [0, 0.1) is 0 Å². The number of methoxy groups -OCH3 is 1. The summed E-state index contributed by atoms with van der Waals surface area (Å²) in [5.74, 6) is 0.832. The Bertz CT molecular complexity index is 1230. The van der Waals surface area contributed by atoms with Gasteiger partial charge in [-0.3, -0.25) is 9.10 Å². The Morgan fingerprint density at radius 1 is 1.03 bits per heavy atom. The molecule has 1 aliphatic rings. The van der Waals surface area contributed by atoms with Gasteiger partial charge in [0.05, 0.1) is 30.5 Å². The van der Waals surface area contributed by atoms with Gasteiger partial charge in [0.1, 0.15) is 18.1 Å². The maximum absolute atomic E-state index is 12.6. The third kappa shape index (κ3) is 7.58. The van der Waals surface area contributed by atoms with Crippen molar-refractivity contribution in [2.75, 3.05) is 50.5 Å². The van der Waals surface area contributed by atoms with Gasteiger partial charge in [-0.1, -0.05) is 6.07 Å². The molecule has 0 aliphatic carbocycles. The van der Waals surface area contributed by atoms with Gasteiger partial charge in [-0.2, -0.15) is 4.31 Å². The molecule has 0 aromatic heterocycles. The predicted octanol–water partition coefficient (Wildman–Crippen LogP) is 2.22. The first-order valence-electron chi connectivity index (χ1n) is 11.7. The first-order valence-corrected chi connectivity index (χ1v) is 15.0. The zero-order valence-corrected chi connectivity index (χ0v) is 22.2.